The smallest absolute Gasteiger partial charge is 0.387 e. The van der Waals surface area contributed by atoms with E-state index in [4.69, 9.17) is 19.6 Å². The molecule has 0 aromatic heterocycles. The number of phosphoric acid groups is 3. The molecule has 0 amide bonds. The first-order chi connectivity index (χ1) is 15.3. The normalized spacial score (nSPS) is 35.6. The largest absolute Gasteiger partial charge is 0.471 e. The number of aliphatic hydroxyl groups excluding tert-OH is 3. The molecular weight excluding hydrogens is 642 g/mol. The van der Waals surface area contributed by atoms with Crippen molar-refractivity contribution in [1.29, 1.82) is 0 Å². The minimum Gasteiger partial charge on any atom is -0.387 e. The molecule has 0 aliphatic heterocycles. The van der Waals surface area contributed by atoms with Crippen molar-refractivity contribution in [2.45, 2.75) is 34.3 Å². The summed E-state index contributed by atoms with van der Waals surface area (Å²) in [6, 6.07) is 0. The van der Waals surface area contributed by atoms with Crippen LogP contribution in [-0.2, 0) is 41.0 Å². The van der Waals surface area contributed by atoms with Gasteiger partial charge in [-0.3, -0.25) is 27.3 Å². The van der Waals surface area contributed by atoms with Crippen LogP contribution in [0, 0.1) is 0 Å². The minimum absolute atomic E-state index is 3.55. The highest BCUT2D eigenvalue weighted by Crippen LogP contribution is 2.85. The molecule has 216 valence electrons. The first kappa shape index (κ1) is 34.7. The number of hydrogen-bond acceptors (Lipinski definition) is 12. The molecule has 0 bridgehead atoms. The van der Waals surface area contributed by atoms with Crippen molar-refractivity contribution in [2.24, 2.45) is 0 Å². The summed E-state index contributed by atoms with van der Waals surface area (Å²) in [4.78, 5) is 114. The second kappa shape index (κ2) is 9.64. The molecule has 0 saturated heterocycles. The highest BCUT2D eigenvalue weighted by Gasteiger charge is 2.95. The molecule has 1 rings (SSSR count). The lowest BCUT2D eigenvalue weighted by molar-refractivity contribution is -0.269. The Hall–Kier alpha value is 0.660. The summed E-state index contributed by atoms with van der Waals surface area (Å²) in [6.45, 7) is 0. The number of aliphatic hydroxyl groups is 3. The van der Waals surface area contributed by atoms with Gasteiger partial charge < -0.3 is 74.0 Å². The molecular formula is C6H18O24P6. The molecule has 36 heavy (non-hydrogen) atoms. The van der Waals surface area contributed by atoms with Gasteiger partial charge in [0.2, 0.25) is 0 Å². The fourth-order valence-corrected chi connectivity index (χ4v) is 12.9. The van der Waals surface area contributed by atoms with E-state index in [2.05, 4.69) is 13.6 Å². The Bertz CT molecular complexity index is 1080. The Morgan fingerprint density at radius 2 is 0.694 bits per heavy atom. The molecule has 0 radical (unpaired) electrons. The fourth-order valence-electron chi connectivity index (χ4n) is 3.51. The van der Waals surface area contributed by atoms with E-state index in [-0.39, 0.29) is 0 Å². The van der Waals surface area contributed by atoms with E-state index in [9.17, 15) is 81.9 Å². The molecule has 0 aromatic carbocycles. The van der Waals surface area contributed by atoms with Crippen molar-refractivity contribution in [3.63, 3.8) is 0 Å². The van der Waals surface area contributed by atoms with E-state index in [1.807, 2.05) is 0 Å². The van der Waals surface area contributed by atoms with E-state index in [1.165, 1.54) is 0 Å². The van der Waals surface area contributed by atoms with Crippen molar-refractivity contribution in [3.05, 3.63) is 0 Å². The molecule has 1 saturated carbocycles. The molecule has 1 aliphatic carbocycles. The summed E-state index contributed by atoms with van der Waals surface area (Å²) in [6.07, 6.45) is -12.1. The topological polar surface area (TPSA) is 434 Å². The summed E-state index contributed by atoms with van der Waals surface area (Å²) in [5.74, 6) is 0. The third-order valence-corrected chi connectivity index (χ3v) is 11.5. The van der Waals surface area contributed by atoms with E-state index >= 15 is 0 Å². The average molecular weight is 660 g/mol. The molecule has 1 aliphatic rings. The molecule has 30 heteroatoms. The zero-order valence-electron chi connectivity index (χ0n) is 16.3. The van der Waals surface area contributed by atoms with Crippen molar-refractivity contribution < 1.29 is 115 Å². The van der Waals surface area contributed by atoms with Crippen LogP contribution >= 0.6 is 46.3 Å². The Labute approximate surface area is 196 Å². The molecule has 1 fully saturated rings. The Morgan fingerprint density at radius 3 is 0.861 bits per heavy atom. The van der Waals surface area contributed by atoms with Crippen LogP contribution in [0.1, 0.15) is 0 Å². The van der Waals surface area contributed by atoms with Crippen LogP contribution in [0.15, 0.2) is 0 Å². The van der Waals surface area contributed by atoms with E-state index in [0.29, 0.717) is 0 Å². The maximum Gasteiger partial charge on any atom is 0.471 e. The molecule has 4 atom stereocenters. The van der Waals surface area contributed by atoms with Gasteiger partial charge in [0.25, 0.3) is 16.0 Å². The molecule has 0 aromatic rings. The average Bonchev–Trinajstić information content (AvgIpc) is 2.53. The molecule has 4 unspecified atom stereocenters. The Morgan fingerprint density at radius 1 is 0.444 bits per heavy atom. The molecule has 24 nitrogen and oxygen atoms in total. The van der Waals surface area contributed by atoms with E-state index in [1.54, 1.807) is 0 Å². The van der Waals surface area contributed by atoms with Gasteiger partial charge in [-0.2, -0.15) is 0 Å². The van der Waals surface area contributed by atoms with Crippen LogP contribution < -0.4 is 0 Å². The van der Waals surface area contributed by atoms with Crippen molar-refractivity contribution in [2.75, 3.05) is 0 Å². The summed E-state index contributed by atoms with van der Waals surface area (Å²) in [5.41, 5.74) is 0. The quantitative estimate of drug-likeness (QED) is 0.103. The maximum absolute atomic E-state index is 12.6. The standard InChI is InChI=1S/C6H18O24P6/c7-1-2(8)4(31(10,11)12,28-34(19,20)21)6(33(16,17)18,30-36(25,26)27)5(3(1)9,32(13,14)15)29-35(22,23)24/h1-3,7-9H,(H2,10,11,12)(H2,13,14,15)(H2,16,17,18)(H2,19,20,21)(H2,22,23,24)(H2,25,26,27). The van der Waals surface area contributed by atoms with E-state index in [0.717, 1.165) is 0 Å². The summed E-state index contributed by atoms with van der Waals surface area (Å²) in [5, 5.41) is 13.2. The predicted molar refractivity (Wildman–Crippen MR) is 102 cm³/mol. The summed E-state index contributed by atoms with van der Waals surface area (Å²) < 4.78 is 83.2. The van der Waals surface area contributed by atoms with Gasteiger partial charge in [-0.15, -0.1) is 0 Å². The maximum atomic E-state index is 12.6. The Kier molecular flexibility index (Phi) is 9.29. The zero-order valence-corrected chi connectivity index (χ0v) is 21.7. The van der Waals surface area contributed by atoms with E-state index < -0.39 is 80.6 Å². The third-order valence-electron chi connectivity index (χ3n) is 4.46. The van der Waals surface area contributed by atoms with Gasteiger partial charge in [0.15, 0.2) is 0 Å². The monoisotopic (exact) mass is 660 g/mol. The van der Waals surface area contributed by atoms with Gasteiger partial charge in [0.1, 0.15) is 18.3 Å². The first-order valence-corrected chi connectivity index (χ1v) is 17.3. The van der Waals surface area contributed by atoms with Gasteiger partial charge in [-0.1, -0.05) is 0 Å². The van der Waals surface area contributed by atoms with Crippen molar-refractivity contribution in [1.82, 2.24) is 0 Å². The van der Waals surface area contributed by atoms with Crippen LogP contribution in [0.4, 0.5) is 0 Å². The van der Waals surface area contributed by atoms with Crippen LogP contribution in [0.2, 0.25) is 0 Å². The summed E-state index contributed by atoms with van der Waals surface area (Å²) >= 11 is 0. The highest BCUT2D eigenvalue weighted by molar-refractivity contribution is 7.62. The Balaban J connectivity index is 4.93. The van der Waals surface area contributed by atoms with Crippen LogP contribution in [0.25, 0.3) is 0 Å². The number of hydrogen-bond donors (Lipinski definition) is 15. The second-order valence-electron chi connectivity index (χ2n) is 6.79. The van der Waals surface area contributed by atoms with Crippen LogP contribution in [0.5, 0.6) is 0 Å². The number of rotatable bonds is 9. The summed E-state index contributed by atoms with van der Waals surface area (Å²) in [7, 11) is -43.5. The number of phosphoric ester groups is 3. The SMILES string of the molecule is O=P(O)(O)OC1(P(=O)(O)O)C(O)C(O)C(O)C(OP(=O)(O)O)(P(=O)(O)O)C1(OP(=O)(O)O)P(=O)(O)O. The highest BCUT2D eigenvalue weighted by atomic mass is 31.2. The third kappa shape index (κ3) is 5.61. The fraction of sp³-hybridized carbons (Fsp3) is 1.00. The lowest BCUT2D eigenvalue weighted by atomic mass is 9.83. The van der Waals surface area contributed by atoms with Gasteiger partial charge in [0.05, 0.1) is 0 Å². The lowest BCUT2D eigenvalue weighted by Crippen LogP contribution is -2.83. The molecule has 15 N–H and O–H groups in total. The molecule has 0 heterocycles. The van der Waals surface area contributed by atoms with Crippen LogP contribution in [0.3, 0.4) is 0 Å². The van der Waals surface area contributed by atoms with Gasteiger partial charge in [-0.05, 0) is 0 Å². The van der Waals surface area contributed by atoms with Crippen molar-refractivity contribution >= 4 is 46.3 Å². The van der Waals surface area contributed by atoms with Crippen LogP contribution in [-0.4, -0.2) is 108 Å². The van der Waals surface area contributed by atoms with Gasteiger partial charge >= 0.3 is 46.3 Å². The van der Waals surface area contributed by atoms with Gasteiger partial charge in [0, 0.05) is 0 Å². The van der Waals surface area contributed by atoms with Gasteiger partial charge in [-0.25, -0.2) is 13.7 Å². The minimum atomic E-state index is -7.74. The zero-order chi connectivity index (χ0) is 29.4. The second-order valence-corrected chi connectivity index (χ2v) is 15.5. The van der Waals surface area contributed by atoms with Crippen molar-refractivity contribution in [3.8, 4) is 0 Å². The first-order valence-electron chi connectivity index (χ1n) is 7.84. The molecule has 0 spiro atoms. The lowest BCUT2D eigenvalue weighted by Gasteiger charge is -2.61. The predicted octanol–water partition coefficient (Wildman–Crippen LogP) is -4.97.